The third-order valence-electron chi connectivity index (χ3n) is 4.99. The van der Waals surface area contributed by atoms with E-state index >= 15 is 0 Å². The molecule has 0 spiro atoms. The second kappa shape index (κ2) is 8.68. The molecule has 4 rings (SSSR count). The van der Waals surface area contributed by atoms with E-state index in [1.807, 2.05) is 6.07 Å². The number of hydrogen-bond donors (Lipinski definition) is 2. The molecular formula is C22H22ClN3O3. The van der Waals surface area contributed by atoms with E-state index in [2.05, 4.69) is 15.5 Å². The smallest absolute Gasteiger partial charge is 0.291 e. The molecule has 6 nitrogen and oxygen atoms in total. The van der Waals surface area contributed by atoms with Crippen molar-refractivity contribution in [2.45, 2.75) is 12.8 Å². The largest absolute Gasteiger partial charge is 0.449 e. The highest BCUT2D eigenvalue weighted by Crippen LogP contribution is 2.32. The van der Waals surface area contributed by atoms with Gasteiger partial charge in [-0.2, -0.15) is 0 Å². The van der Waals surface area contributed by atoms with Gasteiger partial charge < -0.3 is 20.3 Å². The Kier molecular flexibility index (Phi) is 5.83. The van der Waals surface area contributed by atoms with Gasteiger partial charge in [0.25, 0.3) is 11.8 Å². The van der Waals surface area contributed by atoms with Crippen molar-refractivity contribution in [3.05, 3.63) is 64.4 Å². The third kappa shape index (κ3) is 4.78. The highest BCUT2D eigenvalue weighted by Gasteiger charge is 2.23. The van der Waals surface area contributed by atoms with Gasteiger partial charge in [0.1, 0.15) is 0 Å². The van der Waals surface area contributed by atoms with Crippen molar-refractivity contribution in [1.29, 1.82) is 0 Å². The Hall–Kier alpha value is -2.83. The number of hydrogen-bond acceptors (Lipinski definition) is 4. The summed E-state index contributed by atoms with van der Waals surface area (Å²) >= 11 is 5.99. The minimum absolute atomic E-state index is 0.165. The van der Waals surface area contributed by atoms with Gasteiger partial charge in [0.2, 0.25) is 0 Å². The van der Waals surface area contributed by atoms with Crippen LogP contribution >= 0.6 is 11.6 Å². The lowest BCUT2D eigenvalue weighted by atomic mass is 10.1. The van der Waals surface area contributed by atoms with Gasteiger partial charge in [-0.15, -0.1) is 0 Å². The second-order valence-corrected chi connectivity index (χ2v) is 7.57. The first-order valence-corrected chi connectivity index (χ1v) is 10.1. The summed E-state index contributed by atoms with van der Waals surface area (Å²) in [4.78, 5) is 27.2. The SMILES string of the molecule is O=C1Nc2cc(C(=O)NCCN3CCCC3)ccc2OC1=Cc1cccc(Cl)c1. The first-order valence-electron chi connectivity index (χ1n) is 9.69. The van der Waals surface area contributed by atoms with Gasteiger partial charge in [-0.1, -0.05) is 23.7 Å². The van der Waals surface area contributed by atoms with Crippen molar-refractivity contribution < 1.29 is 14.3 Å². The molecule has 2 aromatic carbocycles. The predicted molar refractivity (Wildman–Crippen MR) is 113 cm³/mol. The predicted octanol–water partition coefficient (Wildman–Crippen LogP) is 3.54. The van der Waals surface area contributed by atoms with Gasteiger partial charge in [-0.05, 0) is 67.9 Å². The fourth-order valence-corrected chi connectivity index (χ4v) is 3.68. The number of benzene rings is 2. The molecule has 0 bridgehead atoms. The van der Waals surface area contributed by atoms with Crippen LogP contribution < -0.4 is 15.4 Å². The highest BCUT2D eigenvalue weighted by atomic mass is 35.5. The second-order valence-electron chi connectivity index (χ2n) is 7.14. The summed E-state index contributed by atoms with van der Waals surface area (Å²) in [6.07, 6.45) is 4.08. The molecule has 150 valence electrons. The van der Waals surface area contributed by atoms with Crippen LogP contribution in [0.4, 0.5) is 5.69 Å². The van der Waals surface area contributed by atoms with E-state index in [-0.39, 0.29) is 17.6 Å². The third-order valence-corrected chi connectivity index (χ3v) is 5.23. The number of amides is 2. The maximum Gasteiger partial charge on any atom is 0.291 e. The molecule has 2 amide bonds. The quantitative estimate of drug-likeness (QED) is 0.738. The average Bonchev–Trinajstić information content (AvgIpc) is 3.22. The molecular weight excluding hydrogens is 390 g/mol. The van der Waals surface area contributed by atoms with Crippen molar-refractivity contribution in [3.63, 3.8) is 0 Å². The van der Waals surface area contributed by atoms with Crippen molar-refractivity contribution in [1.82, 2.24) is 10.2 Å². The van der Waals surface area contributed by atoms with Crippen LogP contribution in [-0.4, -0.2) is 42.9 Å². The molecule has 0 unspecified atom stereocenters. The molecule has 2 aromatic rings. The molecule has 2 aliphatic rings. The van der Waals surface area contributed by atoms with Gasteiger partial charge in [0, 0.05) is 23.7 Å². The number of carbonyl (C=O) groups is 2. The van der Waals surface area contributed by atoms with Gasteiger partial charge >= 0.3 is 0 Å². The summed E-state index contributed by atoms with van der Waals surface area (Å²) in [7, 11) is 0. The van der Waals surface area contributed by atoms with E-state index < -0.39 is 0 Å². The Morgan fingerprint density at radius 3 is 2.83 bits per heavy atom. The molecule has 0 aliphatic carbocycles. The minimum Gasteiger partial charge on any atom is -0.449 e. The molecule has 1 saturated heterocycles. The van der Waals surface area contributed by atoms with Crippen LogP contribution in [0.1, 0.15) is 28.8 Å². The van der Waals surface area contributed by atoms with E-state index in [0.29, 0.717) is 28.6 Å². The monoisotopic (exact) mass is 411 g/mol. The lowest BCUT2D eigenvalue weighted by molar-refractivity contribution is -0.115. The summed E-state index contributed by atoms with van der Waals surface area (Å²) in [5.41, 5.74) is 1.72. The summed E-state index contributed by atoms with van der Waals surface area (Å²) in [5, 5.41) is 6.30. The van der Waals surface area contributed by atoms with Crippen LogP contribution in [0.15, 0.2) is 48.2 Å². The molecule has 0 atom stereocenters. The number of anilines is 1. The lowest BCUT2D eigenvalue weighted by Crippen LogP contribution is -2.33. The number of nitrogens with zero attached hydrogens (tertiary/aromatic N) is 1. The number of nitrogens with one attached hydrogen (secondary N) is 2. The van der Waals surface area contributed by atoms with E-state index in [0.717, 1.165) is 25.2 Å². The molecule has 0 saturated carbocycles. The standard InChI is InChI=1S/C22H22ClN3O3/c23-17-5-3-4-15(12-17)13-20-22(28)25-18-14-16(6-7-19(18)29-20)21(27)24-8-11-26-9-1-2-10-26/h3-7,12-14H,1-2,8-11H2,(H,24,27)(H,25,28). The lowest BCUT2D eigenvalue weighted by Gasteiger charge is -2.20. The minimum atomic E-state index is -0.371. The Labute approximate surface area is 174 Å². The topological polar surface area (TPSA) is 70.7 Å². The Balaban J connectivity index is 1.42. The fourth-order valence-electron chi connectivity index (χ4n) is 3.49. The normalized spacial score (nSPS) is 17.6. The van der Waals surface area contributed by atoms with Crippen molar-refractivity contribution >= 4 is 35.2 Å². The fraction of sp³-hybridized carbons (Fsp3) is 0.273. The van der Waals surface area contributed by atoms with Crippen LogP contribution in [0.3, 0.4) is 0 Å². The number of fused-ring (bicyclic) bond motifs is 1. The van der Waals surface area contributed by atoms with E-state index in [1.165, 1.54) is 12.8 Å². The van der Waals surface area contributed by atoms with Crippen molar-refractivity contribution in [3.8, 4) is 5.75 Å². The van der Waals surface area contributed by atoms with Crippen LogP contribution in [-0.2, 0) is 4.79 Å². The van der Waals surface area contributed by atoms with E-state index in [4.69, 9.17) is 16.3 Å². The Bertz CT molecular complexity index is 968. The zero-order valence-electron chi connectivity index (χ0n) is 15.9. The molecule has 1 fully saturated rings. The number of rotatable bonds is 5. The zero-order chi connectivity index (χ0) is 20.2. The highest BCUT2D eigenvalue weighted by molar-refractivity contribution is 6.30. The first-order chi connectivity index (χ1) is 14.1. The maximum atomic E-state index is 12.4. The maximum absolute atomic E-state index is 12.4. The zero-order valence-corrected chi connectivity index (χ0v) is 16.7. The van der Waals surface area contributed by atoms with Crippen molar-refractivity contribution in [2.24, 2.45) is 0 Å². The number of likely N-dealkylation sites (tertiary alicyclic amines) is 1. The van der Waals surface area contributed by atoms with Crippen molar-refractivity contribution in [2.75, 3.05) is 31.5 Å². The van der Waals surface area contributed by atoms with E-state index in [1.54, 1.807) is 42.5 Å². The Morgan fingerprint density at radius 1 is 1.21 bits per heavy atom. The molecule has 2 heterocycles. The van der Waals surface area contributed by atoms with Crippen LogP contribution in [0.5, 0.6) is 5.75 Å². The van der Waals surface area contributed by atoms with Gasteiger partial charge in [0.15, 0.2) is 11.5 Å². The summed E-state index contributed by atoms with van der Waals surface area (Å²) < 4.78 is 5.74. The first kappa shape index (κ1) is 19.5. The van der Waals surface area contributed by atoms with E-state index in [9.17, 15) is 9.59 Å². The molecule has 0 aromatic heterocycles. The number of halogens is 1. The van der Waals surface area contributed by atoms with Gasteiger partial charge in [-0.25, -0.2) is 0 Å². The molecule has 2 aliphatic heterocycles. The molecule has 0 radical (unpaired) electrons. The van der Waals surface area contributed by atoms with Crippen LogP contribution in [0.25, 0.3) is 6.08 Å². The van der Waals surface area contributed by atoms with Crippen LogP contribution in [0.2, 0.25) is 5.02 Å². The number of carbonyl (C=O) groups excluding carboxylic acids is 2. The summed E-state index contributed by atoms with van der Waals surface area (Å²) in [6.45, 7) is 3.66. The Morgan fingerprint density at radius 2 is 2.03 bits per heavy atom. The van der Waals surface area contributed by atoms with Gasteiger partial charge in [-0.3, -0.25) is 9.59 Å². The summed E-state index contributed by atoms with van der Waals surface area (Å²) in [6, 6.07) is 12.2. The average molecular weight is 412 g/mol. The number of ether oxygens (including phenoxy) is 1. The summed E-state index contributed by atoms with van der Waals surface area (Å²) in [5.74, 6) is 0.125. The molecule has 29 heavy (non-hydrogen) atoms. The molecule has 2 N–H and O–H groups in total. The van der Waals surface area contributed by atoms with Crippen LogP contribution in [0, 0.1) is 0 Å². The van der Waals surface area contributed by atoms with Gasteiger partial charge in [0.05, 0.1) is 5.69 Å². The molecule has 7 heteroatoms.